The highest BCUT2D eigenvalue weighted by Gasteiger charge is 2.37. The quantitative estimate of drug-likeness (QED) is 0.483. The van der Waals surface area contributed by atoms with E-state index in [4.69, 9.17) is 9.47 Å². The van der Waals surface area contributed by atoms with Crippen molar-refractivity contribution >= 4 is 22.4 Å². The Morgan fingerprint density at radius 1 is 1.00 bits per heavy atom. The maximum Gasteiger partial charge on any atom is 0.258 e. The molecule has 0 saturated heterocycles. The summed E-state index contributed by atoms with van der Waals surface area (Å²) in [7, 11) is 0. The number of benzene rings is 3. The Morgan fingerprint density at radius 2 is 1.77 bits per heavy atom. The third kappa shape index (κ3) is 4.10. The zero-order valence-corrected chi connectivity index (χ0v) is 18.4. The topological polar surface area (TPSA) is 50.8 Å². The van der Waals surface area contributed by atoms with Crippen molar-refractivity contribution in [1.29, 1.82) is 0 Å². The molecule has 1 aliphatic rings. The van der Waals surface area contributed by atoms with E-state index in [0.717, 1.165) is 34.2 Å². The van der Waals surface area contributed by atoms with Gasteiger partial charge < -0.3 is 19.7 Å². The van der Waals surface area contributed by atoms with Crippen LogP contribution < -0.4 is 10.1 Å². The molecule has 162 valence electrons. The fourth-order valence-corrected chi connectivity index (χ4v) is 4.17. The summed E-state index contributed by atoms with van der Waals surface area (Å²) in [6.07, 6.45) is 0.530. The third-order valence-corrected chi connectivity index (χ3v) is 5.92. The molecule has 1 aliphatic heterocycles. The molecule has 0 saturated carbocycles. The molecule has 0 aliphatic carbocycles. The van der Waals surface area contributed by atoms with Crippen LogP contribution in [-0.4, -0.2) is 36.7 Å². The van der Waals surface area contributed by atoms with Crippen molar-refractivity contribution < 1.29 is 14.3 Å². The molecule has 1 N–H and O–H groups in total. The van der Waals surface area contributed by atoms with Crippen LogP contribution in [0.25, 0.3) is 10.8 Å². The van der Waals surface area contributed by atoms with Gasteiger partial charge in [-0.25, -0.2) is 0 Å². The standard InChI is InChI=1S/C26H30N2O3/c1-4-18(3)28-25(27-22-13-9-8-12-21(22)26(28)29)24-20-11-7-6-10-19(20)14-15-23(24)31-17-16-30-5-2/h6-15,18,25,27H,4-5,16-17H2,1-3H3. The molecule has 1 heterocycles. The summed E-state index contributed by atoms with van der Waals surface area (Å²) in [5, 5.41) is 5.83. The van der Waals surface area contributed by atoms with Crippen LogP contribution in [0.3, 0.4) is 0 Å². The van der Waals surface area contributed by atoms with Crippen molar-refractivity contribution in [2.24, 2.45) is 0 Å². The van der Waals surface area contributed by atoms with E-state index in [0.29, 0.717) is 25.4 Å². The second kappa shape index (κ2) is 9.40. The van der Waals surface area contributed by atoms with Gasteiger partial charge >= 0.3 is 0 Å². The van der Waals surface area contributed by atoms with Crippen molar-refractivity contribution in [2.75, 3.05) is 25.1 Å². The summed E-state index contributed by atoms with van der Waals surface area (Å²) >= 11 is 0. The molecule has 3 aromatic rings. The normalized spacial score (nSPS) is 16.7. The summed E-state index contributed by atoms with van der Waals surface area (Å²) in [5.41, 5.74) is 2.54. The number of carbonyl (C=O) groups is 1. The number of anilines is 1. The van der Waals surface area contributed by atoms with E-state index in [1.165, 1.54) is 0 Å². The Hall–Kier alpha value is -3.05. The lowest BCUT2D eigenvalue weighted by molar-refractivity contribution is 0.0589. The Balaban J connectivity index is 1.85. The molecule has 0 aromatic heterocycles. The molecule has 4 rings (SSSR count). The highest BCUT2D eigenvalue weighted by molar-refractivity contribution is 6.02. The van der Waals surface area contributed by atoms with Crippen LogP contribution in [0.1, 0.15) is 49.3 Å². The largest absolute Gasteiger partial charge is 0.491 e. The fraction of sp³-hybridized carbons (Fsp3) is 0.346. The van der Waals surface area contributed by atoms with E-state index in [2.05, 4.69) is 37.4 Å². The van der Waals surface area contributed by atoms with Gasteiger partial charge in [-0.2, -0.15) is 0 Å². The summed E-state index contributed by atoms with van der Waals surface area (Å²) < 4.78 is 11.6. The lowest BCUT2D eigenvalue weighted by Crippen LogP contribution is -2.47. The van der Waals surface area contributed by atoms with Gasteiger partial charge in [-0.3, -0.25) is 4.79 Å². The molecule has 0 radical (unpaired) electrons. The number of ether oxygens (including phenoxy) is 2. The van der Waals surface area contributed by atoms with Gasteiger partial charge in [0.2, 0.25) is 0 Å². The van der Waals surface area contributed by atoms with Crippen LogP contribution in [-0.2, 0) is 4.74 Å². The summed E-state index contributed by atoms with van der Waals surface area (Å²) in [6, 6.07) is 20.1. The average molecular weight is 419 g/mol. The fourth-order valence-electron chi connectivity index (χ4n) is 4.17. The summed E-state index contributed by atoms with van der Waals surface area (Å²) in [4.78, 5) is 15.5. The molecule has 5 heteroatoms. The Kier molecular flexibility index (Phi) is 6.42. The Labute approximate surface area is 184 Å². The second-order valence-electron chi connectivity index (χ2n) is 7.81. The molecular weight excluding hydrogens is 388 g/mol. The van der Waals surface area contributed by atoms with Crippen molar-refractivity contribution in [3.63, 3.8) is 0 Å². The molecule has 5 nitrogen and oxygen atoms in total. The Morgan fingerprint density at radius 3 is 2.58 bits per heavy atom. The van der Waals surface area contributed by atoms with E-state index in [9.17, 15) is 4.79 Å². The summed E-state index contributed by atoms with van der Waals surface area (Å²) in [5.74, 6) is 0.818. The first-order valence-electron chi connectivity index (χ1n) is 11.1. The molecule has 2 unspecified atom stereocenters. The summed E-state index contributed by atoms with van der Waals surface area (Å²) in [6.45, 7) is 7.82. The molecule has 2 atom stereocenters. The number of hydrogen-bond acceptors (Lipinski definition) is 4. The second-order valence-corrected chi connectivity index (χ2v) is 7.81. The van der Waals surface area contributed by atoms with Crippen LogP contribution >= 0.6 is 0 Å². The number of amides is 1. The van der Waals surface area contributed by atoms with Crippen molar-refractivity contribution in [1.82, 2.24) is 4.90 Å². The molecule has 0 fully saturated rings. The van der Waals surface area contributed by atoms with Gasteiger partial charge in [0, 0.05) is 23.9 Å². The smallest absolute Gasteiger partial charge is 0.258 e. The Bertz CT molecular complexity index is 1070. The zero-order valence-electron chi connectivity index (χ0n) is 18.4. The van der Waals surface area contributed by atoms with E-state index in [1.54, 1.807) is 0 Å². The number of nitrogens with zero attached hydrogens (tertiary/aromatic N) is 1. The maximum absolute atomic E-state index is 13.6. The highest BCUT2D eigenvalue weighted by atomic mass is 16.5. The number of hydrogen-bond donors (Lipinski definition) is 1. The molecule has 0 bridgehead atoms. The number of fused-ring (bicyclic) bond motifs is 2. The van der Waals surface area contributed by atoms with Gasteiger partial charge in [0.15, 0.2) is 0 Å². The zero-order chi connectivity index (χ0) is 21.8. The van der Waals surface area contributed by atoms with E-state index < -0.39 is 0 Å². The number of rotatable bonds is 8. The van der Waals surface area contributed by atoms with Gasteiger partial charge in [0.05, 0.1) is 12.2 Å². The maximum atomic E-state index is 13.6. The lowest BCUT2D eigenvalue weighted by Gasteiger charge is -2.42. The van der Waals surface area contributed by atoms with Crippen LogP contribution in [0.15, 0.2) is 60.7 Å². The molecular formula is C26H30N2O3. The number of nitrogens with one attached hydrogen (secondary N) is 1. The van der Waals surface area contributed by atoms with Crippen molar-refractivity contribution in [3.05, 3.63) is 71.8 Å². The van der Waals surface area contributed by atoms with Crippen LogP contribution in [0.2, 0.25) is 0 Å². The predicted octanol–water partition coefficient (Wildman–Crippen LogP) is 5.62. The van der Waals surface area contributed by atoms with E-state index >= 15 is 0 Å². The number of carbonyl (C=O) groups excluding carboxylic acids is 1. The molecule has 3 aromatic carbocycles. The minimum atomic E-state index is -0.328. The lowest BCUT2D eigenvalue weighted by atomic mass is 9.96. The van der Waals surface area contributed by atoms with Gasteiger partial charge in [0.1, 0.15) is 18.5 Å². The van der Waals surface area contributed by atoms with Crippen LogP contribution in [0.5, 0.6) is 5.75 Å². The van der Waals surface area contributed by atoms with E-state index in [-0.39, 0.29) is 18.1 Å². The van der Waals surface area contributed by atoms with Gasteiger partial charge in [-0.05, 0) is 49.2 Å². The van der Waals surface area contributed by atoms with Crippen molar-refractivity contribution in [2.45, 2.75) is 39.4 Å². The van der Waals surface area contributed by atoms with Gasteiger partial charge in [0.25, 0.3) is 5.91 Å². The van der Waals surface area contributed by atoms with Crippen molar-refractivity contribution in [3.8, 4) is 5.75 Å². The van der Waals surface area contributed by atoms with Gasteiger partial charge in [-0.1, -0.05) is 49.4 Å². The average Bonchev–Trinajstić information content (AvgIpc) is 2.81. The first-order chi connectivity index (χ1) is 15.2. The van der Waals surface area contributed by atoms with E-state index in [1.807, 2.05) is 54.3 Å². The molecule has 1 amide bonds. The first kappa shape index (κ1) is 21.2. The highest BCUT2D eigenvalue weighted by Crippen LogP contribution is 2.41. The van der Waals surface area contributed by atoms with Crippen LogP contribution in [0, 0.1) is 0 Å². The minimum absolute atomic E-state index is 0.0434. The SMILES string of the molecule is CCOCCOc1ccc2ccccc2c1C1Nc2ccccc2C(=O)N1C(C)CC. The first-order valence-corrected chi connectivity index (χ1v) is 11.1. The predicted molar refractivity (Wildman–Crippen MR) is 125 cm³/mol. The van der Waals surface area contributed by atoms with Crippen LogP contribution in [0.4, 0.5) is 5.69 Å². The molecule has 0 spiro atoms. The monoisotopic (exact) mass is 418 g/mol. The minimum Gasteiger partial charge on any atom is -0.491 e. The third-order valence-electron chi connectivity index (χ3n) is 5.92. The molecule has 31 heavy (non-hydrogen) atoms. The van der Waals surface area contributed by atoms with Gasteiger partial charge in [-0.15, -0.1) is 0 Å². The number of para-hydroxylation sites is 1.